The molecule has 1 aromatic heterocycles. The third-order valence-electron chi connectivity index (χ3n) is 1.18. The van der Waals surface area contributed by atoms with Gasteiger partial charge in [0.1, 0.15) is 0 Å². The summed E-state index contributed by atoms with van der Waals surface area (Å²) in [6, 6.07) is 1.27. The molecule has 0 saturated heterocycles. The first-order chi connectivity index (χ1) is 5.54. The van der Waals surface area contributed by atoms with Gasteiger partial charge in [-0.2, -0.15) is 8.42 Å². The molecule has 1 aromatic rings. The highest BCUT2D eigenvalue weighted by atomic mass is 32.3. The molecule has 0 unspecified atom stereocenters. The van der Waals surface area contributed by atoms with E-state index < -0.39 is 10.2 Å². The zero-order valence-electron chi connectivity index (χ0n) is 6.28. The van der Waals surface area contributed by atoms with Crippen molar-refractivity contribution < 1.29 is 17.0 Å². The average molecular weight is 210 g/mol. The third kappa shape index (κ3) is 2.26. The molecule has 0 aliphatic carbocycles. The molecule has 3 nitrogen and oxygen atoms in total. The standard InChI is InChI=1S/C6H7FO3S2/c1-10-3-5-2-6(11-4-5)12(7,8)9/h2,4H,3H2,1H3. The van der Waals surface area contributed by atoms with E-state index in [4.69, 9.17) is 4.74 Å². The predicted molar refractivity (Wildman–Crippen MR) is 43.3 cm³/mol. The van der Waals surface area contributed by atoms with Gasteiger partial charge in [0, 0.05) is 7.11 Å². The molecule has 1 rings (SSSR count). The minimum absolute atomic E-state index is 0.269. The van der Waals surface area contributed by atoms with Crippen molar-refractivity contribution in [1.82, 2.24) is 0 Å². The minimum atomic E-state index is -4.54. The molecule has 1 heterocycles. The average Bonchev–Trinajstić information content (AvgIpc) is 2.35. The van der Waals surface area contributed by atoms with Crippen LogP contribution in [0.4, 0.5) is 3.89 Å². The Morgan fingerprint density at radius 3 is 2.75 bits per heavy atom. The van der Waals surface area contributed by atoms with E-state index in [0.717, 1.165) is 11.3 Å². The zero-order chi connectivity index (χ0) is 9.19. The van der Waals surface area contributed by atoms with Gasteiger partial charge in [-0.1, -0.05) is 3.89 Å². The second-order valence-electron chi connectivity index (χ2n) is 2.14. The number of hydrogen-bond acceptors (Lipinski definition) is 4. The maximum absolute atomic E-state index is 12.3. The van der Waals surface area contributed by atoms with E-state index in [9.17, 15) is 12.3 Å². The second kappa shape index (κ2) is 3.51. The van der Waals surface area contributed by atoms with Gasteiger partial charge in [-0.15, -0.1) is 11.3 Å². The quantitative estimate of drug-likeness (QED) is 0.711. The van der Waals surface area contributed by atoms with E-state index in [-0.39, 0.29) is 4.21 Å². The van der Waals surface area contributed by atoms with Crippen LogP contribution in [0.3, 0.4) is 0 Å². The fraction of sp³-hybridized carbons (Fsp3) is 0.333. The lowest BCUT2D eigenvalue weighted by Gasteiger charge is -1.90. The minimum Gasteiger partial charge on any atom is -0.380 e. The monoisotopic (exact) mass is 210 g/mol. The number of thiophene rings is 1. The van der Waals surface area contributed by atoms with Crippen LogP contribution in [0.1, 0.15) is 5.56 Å². The van der Waals surface area contributed by atoms with E-state index in [1.807, 2.05) is 0 Å². The molecule has 0 atom stereocenters. The Hall–Kier alpha value is -0.460. The lowest BCUT2D eigenvalue weighted by molar-refractivity contribution is 0.185. The van der Waals surface area contributed by atoms with E-state index in [2.05, 4.69) is 0 Å². The Bertz CT molecular complexity index is 355. The highest BCUT2D eigenvalue weighted by Crippen LogP contribution is 2.22. The summed E-state index contributed by atoms with van der Waals surface area (Å²) in [5, 5.41) is 1.55. The van der Waals surface area contributed by atoms with Crippen molar-refractivity contribution in [3.05, 3.63) is 17.0 Å². The lowest BCUT2D eigenvalue weighted by Crippen LogP contribution is -1.87. The van der Waals surface area contributed by atoms with Gasteiger partial charge in [-0.25, -0.2) is 0 Å². The Morgan fingerprint density at radius 1 is 1.67 bits per heavy atom. The molecule has 0 aliphatic heterocycles. The van der Waals surface area contributed by atoms with Crippen LogP contribution in [-0.2, 0) is 21.6 Å². The molecule has 68 valence electrons. The molecule has 12 heavy (non-hydrogen) atoms. The third-order valence-corrected chi connectivity index (χ3v) is 3.44. The maximum atomic E-state index is 12.3. The molecule has 0 aliphatic rings. The van der Waals surface area contributed by atoms with Crippen LogP contribution in [-0.4, -0.2) is 15.5 Å². The van der Waals surface area contributed by atoms with Gasteiger partial charge in [0.2, 0.25) is 0 Å². The summed E-state index contributed by atoms with van der Waals surface area (Å²) in [5.74, 6) is 0. The van der Waals surface area contributed by atoms with Crippen LogP contribution < -0.4 is 0 Å². The Kier molecular flexibility index (Phi) is 2.81. The van der Waals surface area contributed by atoms with E-state index in [1.165, 1.54) is 13.2 Å². The number of ether oxygens (including phenoxy) is 1. The van der Waals surface area contributed by atoms with Gasteiger partial charge >= 0.3 is 10.2 Å². The Morgan fingerprint density at radius 2 is 2.33 bits per heavy atom. The van der Waals surface area contributed by atoms with Crippen LogP contribution >= 0.6 is 11.3 Å². The molecule has 0 amide bonds. The van der Waals surface area contributed by atoms with Crippen molar-refractivity contribution in [3.63, 3.8) is 0 Å². The second-order valence-corrected chi connectivity index (χ2v) is 4.63. The van der Waals surface area contributed by atoms with Crippen molar-refractivity contribution in [2.45, 2.75) is 10.8 Å². The molecular formula is C6H7FO3S2. The first kappa shape index (κ1) is 9.63. The molecule has 0 bridgehead atoms. The van der Waals surface area contributed by atoms with Gasteiger partial charge in [-0.3, -0.25) is 0 Å². The summed E-state index contributed by atoms with van der Waals surface area (Å²) in [6.07, 6.45) is 0. The normalized spacial score (nSPS) is 11.8. The van der Waals surface area contributed by atoms with Crippen LogP contribution in [0.5, 0.6) is 0 Å². The summed E-state index contributed by atoms with van der Waals surface area (Å²) in [5.41, 5.74) is 0.665. The molecule has 0 radical (unpaired) electrons. The smallest absolute Gasteiger partial charge is 0.341 e. The number of rotatable bonds is 3. The SMILES string of the molecule is COCc1csc(S(=O)(=O)F)c1. The Balaban J connectivity index is 2.92. The summed E-state index contributed by atoms with van der Waals surface area (Å²) < 4.78 is 37.5. The summed E-state index contributed by atoms with van der Waals surface area (Å²) in [7, 11) is -3.05. The van der Waals surface area contributed by atoms with Crippen molar-refractivity contribution in [2.24, 2.45) is 0 Å². The lowest BCUT2D eigenvalue weighted by atomic mass is 10.4. The highest BCUT2D eigenvalue weighted by molar-refractivity contribution is 7.88. The fourth-order valence-electron chi connectivity index (χ4n) is 0.723. The highest BCUT2D eigenvalue weighted by Gasteiger charge is 2.14. The number of halogens is 1. The summed E-state index contributed by atoms with van der Waals surface area (Å²) in [4.78, 5) is 0. The zero-order valence-corrected chi connectivity index (χ0v) is 7.91. The topological polar surface area (TPSA) is 43.4 Å². The van der Waals surface area contributed by atoms with Crippen molar-refractivity contribution in [3.8, 4) is 0 Å². The van der Waals surface area contributed by atoms with E-state index in [0.29, 0.717) is 12.2 Å². The molecule has 6 heteroatoms. The van der Waals surface area contributed by atoms with Gasteiger partial charge in [0.05, 0.1) is 6.61 Å². The number of hydrogen-bond donors (Lipinski definition) is 0. The first-order valence-electron chi connectivity index (χ1n) is 3.05. The Labute approximate surface area is 74.0 Å². The van der Waals surface area contributed by atoms with Crippen molar-refractivity contribution >= 4 is 21.6 Å². The predicted octanol–water partition coefficient (Wildman–Crippen LogP) is 1.55. The summed E-state index contributed by atoms with van der Waals surface area (Å²) >= 11 is 0.853. The molecule has 0 spiro atoms. The van der Waals surface area contributed by atoms with Crippen molar-refractivity contribution in [2.75, 3.05) is 7.11 Å². The summed E-state index contributed by atoms with van der Waals surface area (Å²) in [6.45, 7) is 0.298. The van der Waals surface area contributed by atoms with Gasteiger partial charge in [-0.05, 0) is 17.0 Å². The molecule has 0 fully saturated rings. The molecule has 0 aromatic carbocycles. The van der Waals surface area contributed by atoms with Gasteiger partial charge in [0.25, 0.3) is 0 Å². The molecular weight excluding hydrogens is 203 g/mol. The van der Waals surface area contributed by atoms with Crippen LogP contribution in [0.15, 0.2) is 15.7 Å². The van der Waals surface area contributed by atoms with Crippen molar-refractivity contribution in [1.29, 1.82) is 0 Å². The van der Waals surface area contributed by atoms with Crippen LogP contribution in [0.2, 0.25) is 0 Å². The van der Waals surface area contributed by atoms with Crippen LogP contribution in [0, 0.1) is 0 Å². The first-order valence-corrected chi connectivity index (χ1v) is 5.31. The maximum Gasteiger partial charge on any atom is 0.341 e. The van der Waals surface area contributed by atoms with Gasteiger partial charge in [0.15, 0.2) is 4.21 Å². The molecule has 0 N–H and O–H groups in total. The van der Waals surface area contributed by atoms with E-state index >= 15 is 0 Å². The molecule has 0 saturated carbocycles. The largest absolute Gasteiger partial charge is 0.380 e. The fourth-order valence-corrected chi connectivity index (χ4v) is 2.24. The number of methoxy groups -OCH3 is 1. The van der Waals surface area contributed by atoms with E-state index in [1.54, 1.807) is 5.38 Å². The van der Waals surface area contributed by atoms with Crippen LogP contribution in [0.25, 0.3) is 0 Å². The van der Waals surface area contributed by atoms with Gasteiger partial charge < -0.3 is 4.74 Å².